The van der Waals surface area contributed by atoms with E-state index in [1.54, 1.807) is 20.2 Å². The Labute approximate surface area is 124 Å². The van der Waals surface area contributed by atoms with Gasteiger partial charge in [0.25, 0.3) is 0 Å². The molecule has 1 heterocycles. The number of nitrogens with one attached hydrogen (secondary N) is 2. The van der Waals surface area contributed by atoms with Crippen molar-refractivity contribution in [3.8, 4) is 5.75 Å². The molecule has 8 heteroatoms. The average Bonchev–Trinajstić information content (AvgIpc) is 2.93. The summed E-state index contributed by atoms with van der Waals surface area (Å²) in [6.07, 6.45) is 0. The van der Waals surface area contributed by atoms with E-state index < -0.39 is 0 Å². The molecule has 0 saturated heterocycles. The second-order valence-electron chi connectivity index (χ2n) is 3.69. The molecule has 6 nitrogen and oxygen atoms in total. The molecule has 2 rings (SSSR count). The zero-order valence-corrected chi connectivity index (χ0v) is 12.7. The van der Waals surface area contributed by atoms with Crippen LogP contribution < -0.4 is 15.4 Å². The highest BCUT2D eigenvalue weighted by molar-refractivity contribution is 8.01. The van der Waals surface area contributed by atoms with Gasteiger partial charge in [0.2, 0.25) is 11.0 Å². The van der Waals surface area contributed by atoms with Gasteiger partial charge in [0.1, 0.15) is 5.75 Å². The van der Waals surface area contributed by atoms with Crippen LogP contribution in [0.3, 0.4) is 0 Å². The number of carbonyl (C=O) groups excluding carboxylic acids is 1. The van der Waals surface area contributed by atoms with Crippen LogP contribution in [-0.2, 0) is 4.79 Å². The van der Waals surface area contributed by atoms with Crippen molar-refractivity contribution >= 4 is 39.8 Å². The summed E-state index contributed by atoms with van der Waals surface area (Å²) in [5, 5.41) is 14.3. The van der Waals surface area contributed by atoms with E-state index in [0.29, 0.717) is 11.4 Å². The lowest BCUT2D eigenvalue weighted by molar-refractivity contribution is -0.113. The minimum absolute atomic E-state index is 0.0931. The van der Waals surface area contributed by atoms with Gasteiger partial charge in [-0.05, 0) is 12.1 Å². The number of hydrogen-bond donors (Lipinski definition) is 2. The Bertz CT molecular complexity index is 588. The molecule has 0 aliphatic heterocycles. The minimum Gasteiger partial charge on any atom is -0.497 e. The summed E-state index contributed by atoms with van der Waals surface area (Å²) in [6, 6.07) is 7.23. The van der Waals surface area contributed by atoms with Crippen LogP contribution in [0, 0.1) is 0 Å². The number of benzene rings is 1. The first-order valence-corrected chi connectivity index (χ1v) is 7.59. The number of amides is 1. The van der Waals surface area contributed by atoms with Gasteiger partial charge in [-0.15, -0.1) is 10.2 Å². The van der Waals surface area contributed by atoms with E-state index in [1.807, 2.05) is 18.2 Å². The quantitative estimate of drug-likeness (QED) is 0.798. The van der Waals surface area contributed by atoms with Crippen LogP contribution in [0.4, 0.5) is 10.8 Å². The maximum atomic E-state index is 11.8. The molecule has 1 amide bonds. The molecule has 0 atom stereocenters. The van der Waals surface area contributed by atoms with Gasteiger partial charge in [0.15, 0.2) is 4.34 Å². The predicted molar refractivity (Wildman–Crippen MR) is 81.8 cm³/mol. The zero-order valence-electron chi connectivity index (χ0n) is 11.0. The van der Waals surface area contributed by atoms with Crippen LogP contribution in [0.1, 0.15) is 0 Å². The van der Waals surface area contributed by atoms with E-state index in [1.165, 1.54) is 23.1 Å². The van der Waals surface area contributed by atoms with Gasteiger partial charge in [-0.1, -0.05) is 29.2 Å². The molecule has 2 aromatic rings. The van der Waals surface area contributed by atoms with Crippen molar-refractivity contribution < 1.29 is 9.53 Å². The molecule has 0 unspecified atom stereocenters. The van der Waals surface area contributed by atoms with E-state index >= 15 is 0 Å². The normalized spacial score (nSPS) is 10.1. The molecule has 1 aromatic heterocycles. The van der Waals surface area contributed by atoms with Crippen LogP contribution in [0.5, 0.6) is 5.75 Å². The van der Waals surface area contributed by atoms with Crippen molar-refractivity contribution in [2.24, 2.45) is 0 Å². The van der Waals surface area contributed by atoms with Gasteiger partial charge < -0.3 is 15.4 Å². The van der Waals surface area contributed by atoms with Gasteiger partial charge in [-0.2, -0.15) is 0 Å². The molecule has 0 saturated carbocycles. The molecule has 0 aliphatic rings. The van der Waals surface area contributed by atoms with Crippen molar-refractivity contribution in [3.05, 3.63) is 24.3 Å². The Balaban J connectivity index is 1.85. The lowest BCUT2D eigenvalue weighted by Crippen LogP contribution is -2.13. The van der Waals surface area contributed by atoms with Crippen molar-refractivity contribution in [1.29, 1.82) is 0 Å². The summed E-state index contributed by atoms with van der Waals surface area (Å²) in [4.78, 5) is 11.8. The first-order chi connectivity index (χ1) is 9.71. The van der Waals surface area contributed by atoms with Gasteiger partial charge in [-0.25, -0.2) is 0 Å². The van der Waals surface area contributed by atoms with Gasteiger partial charge in [-0.3, -0.25) is 4.79 Å². The number of rotatable bonds is 6. The Morgan fingerprint density at radius 3 is 3.00 bits per heavy atom. The fourth-order valence-corrected chi connectivity index (χ4v) is 2.90. The smallest absolute Gasteiger partial charge is 0.234 e. The number of anilines is 2. The monoisotopic (exact) mass is 310 g/mol. The number of carbonyl (C=O) groups is 1. The van der Waals surface area contributed by atoms with Crippen LogP contribution in [0.15, 0.2) is 28.6 Å². The molecule has 106 valence electrons. The molecule has 0 radical (unpaired) electrons. The maximum absolute atomic E-state index is 11.8. The standard InChI is InChI=1S/C12H14N4O2S2/c1-13-11-15-16-12(20-11)19-7-10(17)14-8-4-3-5-9(6-8)18-2/h3-6H,7H2,1-2H3,(H,13,15)(H,14,17). The molecule has 0 fully saturated rings. The van der Waals surface area contributed by atoms with Crippen molar-refractivity contribution in [1.82, 2.24) is 10.2 Å². The third-order valence-electron chi connectivity index (χ3n) is 2.30. The van der Waals surface area contributed by atoms with Gasteiger partial charge in [0.05, 0.1) is 12.9 Å². The number of ether oxygens (including phenoxy) is 1. The van der Waals surface area contributed by atoms with E-state index in [-0.39, 0.29) is 11.7 Å². The Hall–Kier alpha value is -1.80. The fraction of sp³-hybridized carbons (Fsp3) is 0.250. The molecule has 0 spiro atoms. The molecule has 0 bridgehead atoms. The summed E-state index contributed by atoms with van der Waals surface area (Å²) < 4.78 is 5.86. The molecule has 0 aliphatic carbocycles. The summed E-state index contributed by atoms with van der Waals surface area (Å²) in [7, 11) is 3.37. The second kappa shape index (κ2) is 7.11. The van der Waals surface area contributed by atoms with E-state index in [0.717, 1.165) is 9.47 Å². The summed E-state index contributed by atoms with van der Waals surface area (Å²) >= 11 is 2.77. The molecule has 1 aromatic carbocycles. The summed E-state index contributed by atoms with van der Waals surface area (Å²) in [5.41, 5.74) is 0.711. The first kappa shape index (κ1) is 14.6. The number of thioether (sulfide) groups is 1. The van der Waals surface area contributed by atoms with Crippen molar-refractivity contribution in [2.45, 2.75) is 4.34 Å². The molecular formula is C12H14N4O2S2. The Morgan fingerprint density at radius 1 is 1.45 bits per heavy atom. The van der Waals surface area contributed by atoms with Crippen molar-refractivity contribution in [3.63, 3.8) is 0 Å². The first-order valence-electron chi connectivity index (χ1n) is 5.79. The number of methoxy groups -OCH3 is 1. The molecule has 2 N–H and O–H groups in total. The van der Waals surface area contributed by atoms with Crippen LogP contribution in [0.2, 0.25) is 0 Å². The fourth-order valence-electron chi connectivity index (χ4n) is 1.39. The highest BCUT2D eigenvalue weighted by Gasteiger charge is 2.08. The minimum atomic E-state index is -0.0931. The average molecular weight is 310 g/mol. The second-order valence-corrected chi connectivity index (χ2v) is 5.89. The van der Waals surface area contributed by atoms with Gasteiger partial charge in [0, 0.05) is 18.8 Å². The van der Waals surface area contributed by atoms with Gasteiger partial charge >= 0.3 is 0 Å². The predicted octanol–water partition coefficient (Wildman–Crippen LogP) is 2.32. The Morgan fingerprint density at radius 2 is 2.30 bits per heavy atom. The molecule has 20 heavy (non-hydrogen) atoms. The van der Waals surface area contributed by atoms with E-state index in [2.05, 4.69) is 20.8 Å². The number of nitrogens with zero attached hydrogens (tertiary/aromatic N) is 2. The topological polar surface area (TPSA) is 76.1 Å². The lowest BCUT2D eigenvalue weighted by Gasteiger charge is -2.06. The van der Waals surface area contributed by atoms with Crippen LogP contribution in [-0.4, -0.2) is 36.0 Å². The maximum Gasteiger partial charge on any atom is 0.234 e. The lowest BCUT2D eigenvalue weighted by atomic mass is 10.3. The third-order valence-corrected chi connectivity index (χ3v) is 4.37. The summed E-state index contributed by atoms with van der Waals surface area (Å²) in [6.45, 7) is 0. The van der Waals surface area contributed by atoms with Crippen LogP contribution >= 0.6 is 23.1 Å². The van der Waals surface area contributed by atoms with Crippen LogP contribution in [0.25, 0.3) is 0 Å². The van der Waals surface area contributed by atoms with E-state index in [4.69, 9.17) is 4.74 Å². The number of aromatic nitrogens is 2. The highest BCUT2D eigenvalue weighted by atomic mass is 32.2. The third kappa shape index (κ3) is 4.10. The number of hydrogen-bond acceptors (Lipinski definition) is 7. The largest absolute Gasteiger partial charge is 0.497 e. The molecular weight excluding hydrogens is 296 g/mol. The SMILES string of the molecule is CNc1nnc(SCC(=O)Nc2cccc(OC)c2)s1. The van der Waals surface area contributed by atoms with E-state index in [9.17, 15) is 4.79 Å². The Kier molecular flexibility index (Phi) is 5.19. The summed E-state index contributed by atoms with van der Waals surface area (Å²) in [5.74, 6) is 0.901. The van der Waals surface area contributed by atoms with Crippen molar-refractivity contribution in [2.75, 3.05) is 30.5 Å². The zero-order chi connectivity index (χ0) is 14.4. The highest BCUT2D eigenvalue weighted by Crippen LogP contribution is 2.25.